The third kappa shape index (κ3) is 2.05. The molecule has 0 radical (unpaired) electrons. The van der Waals surface area contributed by atoms with Crippen LogP contribution in [0.15, 0.2) is 0 Å². The molecular weight excluding hydrogens is 164 g/mol. The summed E-state index contributed by atoms with van der Waals surface area (Å²) in [7, 11) is 0. The van der Waals surface area contributed by atoms with Crippen molar-refractivity contribution in [2.75, 3.05) is 6.61 Å². The molecule has 76 valence electrons. The Morgan fingerprint density at radius 3 is 3.00 bits per heavy atom. The Balaban J connectivity index is 1.75. The van der Waals surface area contributed by atoms with E-state index >= 15 is 0 Å². The molecular formula is C11H20O2. The normalized spacial score (nSPS) is 43.8. The SMILES string of the molecule is CCCC1CC1(O)CC1CCCO1. The summed E-state index contributed by atoms with van der Waals surface area (Å²) in [6.07, 6.45) is 6.97. The number of aliphatic hydroxyl groups is 1. The van der Waals surface area contributed by atoms with Gasteiger partial charge in [-0.2, -0.15) is 0 Å². The van der Waals surface area contributed by atoms with Crippen LogP contribution in [-0.4, -0.2) is 23.4 Å². The van der Waals surface area contributed by atoms with Crippen molar-refractivity contribution in [3.63, 3.8) is 0 Å². The van der Waals surface area contributed by atoms with Gasteiger partial charge in [-0.05, 0) is 31.6 Å². The van der Waals surface area contributed by atoms with Gasteiger partial charge in [-0.25, -0.2) is 0 Å². The van der Waals surface area contributed by atoms with Crippen LogP contribution in [0, 0.1) is 5.92 Å². The highest BCUT2D eigenvalue weighted by Gasteiger charge is 2.52. The van der Waals surface area contributed by atoms with Gasteiger partial charge in [0.1, 0.15) is 0 Å². The first-order chi connectivity index (χ1) is 6.24. The summed E-state index contributed by atoms with van der Waals surface area (Å²) in [5.41, 5.74) is -0.342. The fourth-order valence-electron chi connectivity index (χ4n) is 2.54. The second-order valence-electron chi connectivity index (χ2n) is 4.63. The van der Waals surface area contributed by atoms with Crippen LogP contribution in [0.3, 0.4) is 0 Å². The molecule has 1 saturated heterocycles. The summed E-state index contributed by atoms with van der Waals surface area (Å²) >= 11 is 0. The Kier molecular flexibility index (Phi) is 2.61. The van der Waals surface area contributed by atoms with Gasteiger partial charge in [0.25, 0.3) is 0 Å². The molecule has 0 bridgehead atoms. The summed E-state index contributed by atoms with van der Waals surface area (Å²) in [4.78, 5) is 0. The van der Waals surface area contributed by atoms with Crippen molar-refractivity contribution in [2.45, 2.75) is 57.2 Å². The lowest BCUT2D eigenvalue weighted by atomic mass is 10.0. The number of hydrogen-bond acceptors (Lipinski definition) is 2. The van der Waals surface area contributed by atoms with E-state index in [1.54, 1.807) is 0 Å². The topological polar surface area (TPSA) is 29.5 Å². The van der Waals surface area contributed by atoms with Gasteiger partial charge in [-0.1, -0.05) is 13.3 Å². The van der Waals surface area contributed by atoms with Crippen LogP contribution in [0.2, 0.25) is 0 Å². The zero-order chi connectivity index (χ0) is 9.31. The first-order valence-electron chi connectivity index (χ1n) is 5.58. The van der Waals surface area contributed by atoms with E-state index in [0.717, 1.165) is 25.9 Å². The molecule has 0 amide bonds. The van der Waals surface area contributed by atoms with Gasteiger partial charge < -0.3 is 9.84 Å². The van der Waals surface area contributed by atoms with E-state index in [1.807, 2.05) is 0 Å². The maximum Gasteiger partial charge on any atom is 0.0705 e. The van der Waals surface area contributed by atoms with Crippen molar-refractivity contribution in [1.82, 2.24) is 0 Å². The third-order valence-corrected chi connectivity index (χ3v) is 3.44. The highest BCUT2D eigenvalue weighted by atomic mass is 16.5. The molecule has 1 aliphatic heterocycles. The van der Waals surface area contributed by atoms with Crippen LogP contribution in [0.25, 0.3) is 0 Å². The highest BCUT2D eigenvalue weighted by molar-refractivity contribution is 5.04. The van der Waals surface area contributed by atoms with Gasteiger partial charge >= 0.3 is 0 Å². The summed E-state index contributed by atoms with van der Waals surface area (Å²) in [5.74, 6) is 0.571. The molecule has 0 aromatic heterocycles. The molecule has 13 heavy (non-hydrogen) atoms. The van der Waals surface area contributed by atoms with Gasteiger partial charge in [-0.3, -0.25) is 0 Å². The smallest absolute Gasteiger partial charge is 0.0705 e. The second kappa shape index (κ2) is 3.58. The van der Waals surface area contributed by atoms with Gasteiger partial charge in [0.15, 0.2) is 0 Å². The lowest BCUT2D eigenvalue weighted by Gasteiger charge is -2.15. The molecule has 2 nitrogen and oxygen atoms in total. The van der Waals surface area contributed by atoms with Crippen LogP contribution in [0.5, 0.6) is 0 Å². The summed E-state index contributed by atoms with van der Waals surface area (Å²) in [5, 5.41) is 10.1. The Morgan fingerprint density at radius 2 is 2.38 bits per heavy atom. The highest BCUT2D eigenvalue weighted by Crippen LogP contribution is 2.50. The maximum atomic E-state index is 10.1. The Bertz CT molecular complexity index is 175. The van der Waals surface area contributed by atoms with Crippen molar-refractivity contribution in [1.29, 1.82) is 0 Å². The largest absolute Gasteiger partial charge is 0.389 e. The fourth-order valence-corrected chi connectivity index (χ4v) is 2.54. The molecule has 0 aromatic carbocycles. The summed E-state index contributed by atoms with van der Waals surface area (Å²) in [6, 6.07) is 0. The van der Waals surface area contributed by atoms with E-state index in [1.165, 1.54) is 19.3 Å². The molecule has 2 aliphatic rings. The molecule has 2 rings (SSSR count). The average Bonchev–Trinajstić information content (AvgIpc) is 2.52. The van der Waals surface area contributed by atoms with Gasteiger partial charge in [-0.15, -0.1) is 0 Å². The summed E-state index contributed by atoms with van der Waals surface area (Å²) in [6.45, 7) is 3.09. The molecule has 1 aliphatic carbocycles. The first-order valence-corrected chi connectivity index (χ1v) is 5.58. The minimum atomic E-state index is -0.342. The second-order valence-corrected chi connectivity index (χ2v) is 4.63. The molecule has 2 heteroatoms. The lowest BCUT2D eigenvalue weighted by molar-refractivity contribution is 0.0331. The van der Waals surface area contributed by atoms with Gasteiger partial charge in [0.2, 0.25) is 0 Å². The van der Waals surface area contributed by atoms with E-state index in [0.29, 0.717) is 12.0 Å². The molecule has 3 atom stereocenters. The van der Waals surface area contributed by atoms with Crippen LogP contribution >= 0.6 is 0 Å². The van der Waals surface area contributed by atoms with Crippen molar-refractivity contribution in [3.8, 4) is 0 Å². The van der Waals surface area contributed by atoms with Crippen molar-refractivity contribution < 1.29 is 9.84 Å². The van der Waals surface area contributed by atoms with Crippen molar-refractivity contribution >= 4 is 0 Å². The fraction of sp³-hybridized carbons (Fsp3) is 1.00. The molecule has 1 saturated carbocycles. The van der Waals surface area contributed by atoms with E-state index in [4.69, 9.17) is 4.74 Å². The van der Waals surface area contributed by atoms with Crippen LogP contribution < -0.4 is 0 Å². The van der Waals surface area contributed by atoms with Gasteiger partial charge in [0, 0.05) is 13.0 Å². The molecule has 2 fully saturated rings. The molecule has 0 spiro atoms. The van der Waals surface area contributed by atoms with Crippen LogP contribution in [0.4, 0.5) is 0 Å². The van der Waals surface area contributed by atoms with Crippen LogP contribution in [0.1, 0.15) is 45.4 Å². The van der Waals surface area contributed by atoms with E-state index < -0.39 is 0 Å². The monoisotopic (exact) mass is 184 g/mol. The van der Waals surface area contributed by atoms with Crippen molar-refractivity contribution in [3.05, 3.63) is 0 Å². The molecule has 0 aromatic rings. The Hall–Kier alpha value is -0.0800. The predicted molar refractivity (Wildman–Crippen MR) is 51.6 cm³/mol. The minimum absolute atomic E-state index is 0.342. The number of hydrogen-bond donors (Lipinski definition) is 1. The summed E-state index contributed by atoms with van der Waals surface area (Å²) < 4.78 is 5.54. The average molecular weight is 184 g/mol. The lowest BCUT2D eigenvalue weighted by Crippen LogP contribution is -2.20. The van der Waals surface area contributed by atoms with E-state index in [2.05, 4.69) is 6.92 Å². The first kappa shape index (κ1) is 9.47. The third-order valence-electron chi connectivity index (χ3n) is 3.44. The van der Waals surface area contributed by atoms with Gasteiger partial charge in [0.05, 0.1) is 11.7 Å². The molecule has 3 unspecified atom stereocenters. The minimum Gasteiger partial charge on any atom is -0.389 e. The Morgan fingerprint density at radius 1 is 1.54 bits per heavy atom. The number of ether oxygens (including phenoxy) is 1. The Labute approximate surface area is 80.3 Å². The number of rotatable bonds is 4. The zero-order valence-electron chi connectivity index (χ0n) is 8.46. The van der Waals surface area contributed by atoms with Crippen molar-refractivity contribution in [2.24, 2.45) is 5.92 Å². The van der Waals surface area contributed by atoms with E-state index in [9.17, 15) is 5.11 Å². The quantitative estimate of drug-likeness (QED) is 0.725. The van der Waals surface area contributed by atoms with E-state index in [-0.39, 0.29) is 5.60 Å². The van der Waals surface area contributed by atoms with Crippen LogP contribution in [-0.2, 0) is 4.74 Å². The molecule has 1 heterocycles. The molecule has 1 N–H and O–H groups in total. The standard InChI is InChI=1S/C11H20O2/c1-2-4-9-7-11(9,12)8-10-5-3-6-13-10/h9-10,12H,2-8H2,1H3. The zero-order valence-corrected chi connectivity index (χ0v) is 8.46. The predicted octanol–water partition coefficient (Wildman–Crippen LogP) is 2.11. The maximum absolute atomic E-state index is 10.1.